The third-order valence-electron chi connectivity index (χ3n) is 2.58. The quantitative estimate of drug-likeness (QED) is 0.765. The van der Waals surface area contributed by atoms with Crippen LogP contribution in [0.5, 0.6) is 0 Å². The number of carboxylic acid groups (broad SMARTS) is 1. The molecule has 0 aliphatic carbocycles. The summed E-state index contributed by atoms with van der Waals surface area (Å²) in [6.07, 6.45) is -0.173. The molecular formula is C12H19NO5. The second-order valence-electron chi connectivity index (χ2n) is 5.47. The molecule has 1 fully saturated rings. The highest BCUT2D eigenvalue weighted by molar-refractivity contribution is 5.85. The van der Waals surface area contributed by atoms with Crippen LogP contribution in [0, 0.1) is 5.92 Å². The number of rotatable bonds is 1. The third kappa shape index (κ3) is 4.35. The van der Waals surface area contributed by atoms with Gasteiger partial charge < -0.3 is 14.7 Å². The highest BCUT2D eigenvalue weighted by Crippen LogP contribution is 2.17. The third-order valence-corrected chi connectivity index (χ3v) is 2.58. The summed E-state index contributed by atoms with van der Waals surface area (Å²) < 4.78 is 5.15. The fraction of sp³-hybridized carbons (Fsp3) is 0.750. The molecule has 6 heteroatoms. The largest absolute Gasteiger partial charge is 0.481 e. The minimum atomic E-state index is -0.988. The first-order valence-electron chi connectivity index (χ1n) is 5.91. The van der Waals surface area contributed by atoms with Gasteiger partial charge in [-0.1, -0.05) is 0 Å². The predicted molar refractivity (Wildman–Crippen MR) is 63.2 cm³/mol. The first-order valence-corrected chi connectivity index (χ1v) is 5.91. The number of ketones is 1. The molecule has 0 radical (unpaired) electrons. The van der Waals surface area contributed by atoms with Gasteiger partial charge in [0.15, 0.2) is 5.78 Å². The van der Waals surface area contributed by atoms with Gasteiger partial charge in [0, 0.05) is 13.0 Å². The fourth-order valence-electron chi connectivity index (χ4n) is 1.72. The van der Waals surface area contributed by atoms with Crippen molar-refractivity contribution in [2.75, 3.05) is 13.1 Å². The molecule has 0 bridgehead atoms. The van der Waals surface area contributed by atoms with E-state index in [9.17, 15) is 14.4 Å². The number of Topliss-reactive ketones (excluding diaryl/α,β-unsaturated/α-hetero) is 1. The summed E-state index contributed by atoms with van der Waals surface area (Å²) in [5.74, 6) is -1.83. The van der Waals surface area contributed by atoms with Crippen LogP contribution in [0.4, 0.5) is 4.79 Å². The summed E-state index contributed by atoms with van der Waals surface area (Å²) >= 11 is 0. The molecule has 0 spiro atoms. The Morgan fingerprint density at radius 2 is 2.00 bits per heavy atom. The van der Waals surface area contributed by atoms with Gasteiger partial charge in [-0.3, -0.25) is 9.59 Å². The number of aliphatic carboxylic acids is 1. The zero-order valence-electron chi connectivity index (χ0n) is 10.9. The molecule has 1 saturated heterocycles. The number of carbonyl (C=O) groups is 3. The van der Waals surface area contributed by atoms with Gasteiger partial charge in [-0.25, -0.2) is 4.79 Å². The van der Waals surface area contributed by atoms with Crippen molar-refractivity contribution in [3.05, 3.63) is 0 Å². The number of hydrogen-bond acceptors (Lipinski definition) is 4. The number of ether oxygens (including phenoxy) is 1. The second-order valence-corrected chi connectivity index (χ2v) is 5.47. The summed E-state index contributed by atoms with van der Waals surface area (Å²) in [4.78, 5) is 35.5. The Bertz CT molecular complexity index is 358. The van der Waals surface area contributed by atoms with Crippen molar-refractivity contribution < 1.29 is 24.2 Å². The molecule has 1 amide bonds. The fourth-order valence-corrected chi connectivity index (χ4v) is 1.72. The van der Waals surface area contributed by atoms with Crippen LogP contribution in [0.25, 0.3) is 0 Å². The van der Waals surface area contributed by atoms with Crippen LogP contribution in [0.15, 0.2) is 0 Å². The van der Waals surface area contributed by atoms with Crippen molar-refractivity contribution in [3.63, 3.8) is 0 Å². The van der Waals surface area contributed by atoms with E-state index >= 15 is 0 Å². The van der Waals surface area contributed by atoms with Gasteiger partial charge in [0.2, 0.25) is 0 Å². The average molecular weight is 257 g/mol. The van der Waals surface area contributed by atoms with E-state index in [0.29, 0.717) is 0 Å². The summed E-state index contributed by atoms with van der Waals surface area (Å²) in [5.41, 5.74) is -0.662. The maximum atomic E-state index is 11.8. The maximum Gasteiger partial charge on any atom is 0.410 e. The molecule has 102 valence electrons. The Balaban J connectivity index is 2.75. The lowest BCUT2D eigenvalue weighted by Gasteiger charge is -2.27. The molecule has 0 unspecified atom stereocenters. The number of carbonyl (C=O) groups excluding carboxylic acids is 2. The molecular weight excluding hydrogens is 238 g/mol. The van der Waals surface area contributed by atoms with Crippen molar-refractivity contribution in [1.29, 1.82) is 0 Å². The Morgan fingerprint density at radius 3 is 2.50 bits per heavy atom. The van der Waals surface area contributed by atoms with Gasteiger partial charge >= 0.3 is 12.1 Å². The molecule has 1 aliphatic heterocycles. The van der Waals surface area contributed by atoms with Gasteiger partial charge in [0.1, 0.15) is 5.60 Å². The molecule has 0 aromatic rings. The van der Waals surface area contributed by atoms with Crippen LogP contribution in [-0.2, 0) is 14.3 Å². The number of amides is 1. The van der Waals surface area contributed by atoms with E-state index in [1.165, 1.54) is 4.90 Å². The van der Waals surface area contributed by atoms with Crippen LogP contribution >= 0.6 is 0 Å². The van der Waals surface area contributed by atoms with Gasteiger partial charge in [-0.05, 0) is 27.2 Å². The molecule has 0 aromatic carbocycles. The summed E-state index contributed by atoms with van der Waals surface area (Å²) in [6.45, 7) is 5.12. The average Bonchev–Trinajstić information content (AvgIpc) is 2.37. The highest BCUT2D eigenvalue weighted by Gasteiger charge is 2.31. The predicted octanol–water partition coefficient (Wildman–Crippen LogP) is 1.29. The maximum absolute atomic E-state index is 11.8. The molecule has 1 heterocycles. The SMILES string of the molecule is CC(C)(C)OC(=O)N1CC(=O)CC[C@H](C(=O)O)C1. The van der Waals surface area contributed by atoms with Crippen molar-refractivity contribution in [1.82, 2.24) is 4.90 Å². The molecule has 1 aliphatic rings. The number of hydrogen-bond donors (Lipinski definition) is 1. The topological polar surface area (TPSA) is 83.9 Å². The zero-order valence-corrected chi connectivity index (χ0v) is 10.9. The van der Waals surface area contributed by atoms with E-state index in [1.807, 2.05) is 0 Å². The van der Waals surface area contributed by atoms with Crippen LogP contribution in [0.1, 0.15) is 33.6 Å². The van der Waals surface area contributed by atoms with E-state index in [4.69, 9.17) is 9.84 Å². The van der Waals surface area contributed by atoms with Gasteiger partial charge in [-0.2, -0.15) is 0 Å². The zero-order chi connectivity index (χ0) is 13.9. The van der Waals surface area contributed by atoms with Crippen molar-refractivity contribution in [2.45, 2.75) is 39.2 Å². The normalized spacial score (nSPS) is 21.4. The molecule has 18 heavy (non-hydrogen) atoms. The standard InChI is InChI=1S/C12H19NO5/c1-12(2,3)18-11(17)13-6-8(10(15)16)4-5-9(14)7-13/h8H,4-7H2,1-3H3,(H,15,16)/t8-/m0/s1. The summed E-state index contributed by atoms with van der Waals surface area (Å²) in [6, 6.07) is 0. The van der Waals surface area contributed by atoms with E-state index in [0.717, 1.165) is 0 Å². The Hall–Kier alpha value is -1.59. The van der Waals surface area contributed by atoms with Gasteiger partial charge in [-0.15, -0.1) is 0 Å². The van der Waals surface area contributed by atoms with Crippen LogP contribution in [0.2, 0.25) is 0 Å². The molecule has 1 N–H and O–H groups in total. The number of likely N-dealkylation sites (tertiary alicyclic amines) is 1. The van der Waals surface area contributed by atoms with E-state index in [2.05, 4.69) is 0 Å². The smallest absolute Gasteiger partial charge is 0.410 e. The summed E-state index contributed by atoms with van der Waals surface area (Å²) in [7, 11) is 0. The first kappa shape index (κ1) is 14.5. The molecule has 0 saturated carbocycles. The Morgan fingerprint density at radius 1 is 1.39 bits per heavy atom. The van der Waals surface area contributed by atoms with Crippen molar-refractivity contribution >= 4 is 17.8 Å². The molecule has 0 aromatic heterocycles. The van der Waals surface area contributed by atoms with E-state index < -0.39 is 23.6 Å². The molecule has 1 atom stereocenters. The minimum absolute atomic E-state index is 0.0238. The van der Waals surface area contributed by atoms with Crippen LogP contribution in [0.3, 0.4) is 0 Å². The van der Waals surface area contributed by atoms with Crippen molar-refractivity contribution in [2.24, 2.45) is 5.92 Å². The lowest BCUT2D eigenvalue weighted by Crippen LogP contribution is -2.41. The minimum Gasteiger partial charge on any atom is -0.481 e. The lowest BCUT2D eigenvalue weighted by molar-refractivity contribution is -0.142. The highest BCUT2D eigenvalue weighted by atomic mass is 16.6. The molecule has 1 rings (SSSR count). The van der Waals surface area contributed by atoms with Crippen LogP contribution in [-0.4, -0.2) is 46.5 Å². The lowest BCUT2D eigenvalue weighted by atomic mass is 10.0. The second kappa shape index (κ2) is 5.37. The Labute approximate surface area is 106 Å². The number of nitrogens with zero attached hydrogens (tertiary/aromatic N) is 1. The summed E-state index contributed by atoms with van der Waals surface area (Å²) in [5, 5.41) is 8.99. The molecule has 6 nitrogen and oxygen atoms in total. The van der Waals surface area contributed by atoms with Gasteiger partial charge in [0.05, 0.1) is 12.5 Å². The van der Waals surface area contributed by atoms with Crippen molar-refractivity contribution in [3.8, 4) is 0 Å². The van der Waals surface area contributed by atoms with Gasteiger partial charge in [0.25, 0.3) is 0 Å². The van der Waals surface area contributed by atoms with E-state index in [-0.39, 0.29) is 31.7 Å². The Kier molecular flexibility index (Phi) is 4.32. The van der Waals surface area contributed by atoms with Crippen LogP contribution < -0.4 is 0 Å². The number of carboxylic acids is 1. The monoisotopic (exact) mass is 257 g/mol. The van der Waals surface area contributed by atoms with E-state index in [1.54, 1.807) is 20.8 Å². The first-order chi connectivity index (χ1) is 8.19.